The molecule has 1 saturated carbocycles. The van der Waals surface area contributed by atoms with E-state index in [9.17, 15) is 0 Å². The molecular formula is C18H32N2S. The maximum Gasteiger partial charge on any atom is 0.0304 e. The van der Waals surface area contributed by atoms with E-state index in [4.69, 9.17) is 0 Å². The van der Waals surface area contributed by atoms with Gasteiger partial charge in [0.05, 0.1) is 0 Å². The van der Waals surface area contributed by atoms with Crippen LogP contribution in [0.15, 0.2) is 6.07 Å². The summed E-state index contributed by atoms with van der Waals surface area (Å²) < 4.78 is 0. The molecule has 0 aromatic carbocycles. The third-order valence-corrected chi connectivity index (χ3v) is 5.58. The topological polar surface area (TPSA) is 15.3 Å². The Kier molecular flexibility index (Phi) is 5.87. The molecular weight excluding hydrogens is 276 g/mol. The van der Waals surface area contributed by atoms with E-state index < -0.39 is 0 Å². The Morgan fingerprint density at radius 1 is 1.29 bits per heavy atom. The summed E-state index contributed by atoms with van der Waals surface area (Å²) in [5.74, 6) is 0. The Bertz CT molecular complexity index is 439. The maximum absolute atomic E-state index is 3.60. The number of aryl methyl sites for hydroxylation is 1. The zero-order chi connectivity index (χ0) is 15.5. The first-order valence-corrected chi connectivity index (χ1v) is 9.28. The first-order valence-electron chi connectivity index (χ1n) is 8.46. The number of nitrogens with zero attached hydrogens (tertiary/aromatic N) is 1. The van der Waals surface area contributed by atoms with Crippen molar-refractivity contribution in [3.05, 3.63) is 21.4 Å². The van der Waals surface area contributed by atoms with E-state index in [-0.39, 0.29) is 5.54 Å². The van der Waals surface area contributed by atoms with Gasteiger partial charge in [0.15, 0.2) is 0 Å². The summed E-state index contributed by atoms with van der Waals surface area (Å²) >= 11 is 1.96. The molecule has 0 radical (unpaired) electrons. The maximum atomic E-state index is 3.60. The first kappa shape index (κ1) is 17.0. The lowest BCUT2D eigenvalue weighted by atomic mass is 10.1. The lowest BCUT2D eigenvalue weighted by Crippen LogP contribution is -2.34. The van der Waals surface area contributed by atoms with Crippen LogP contribution in [0.4, 0.5) is 0 Å². The van der Waals surface area contributed by atoms with Crippen LogP contribution in [-0.2, 0) is 13.1 Å². The second-order valence-corrected chi connectivity index (χ2v) is 8.74. The molecule has 1 aromatic heterocycles. The van der Waals surface area contributed by atoms with Crippen molar-refractivity contribution in [2.45, 2.75) is 85.0 Å². The largest absolute Gasteiger partial charge is 0.307 e. The van der Waals surface area contributed by atoms with Crippen molar-refractivity contribution in [3.8, 4) is 0 Å². The van der Waals surface area contributed by atoms with Crippen molar-refractivity contribution < 1.29 is 0 Å². The Labute approximate surface area is 134 Å². The summed E-state index contributed by atoms with van der Waals surface area (Å²) in [7, 11) is 0. The molecule has 0 atom stereocenters. The predicted molar refractivity (Wildman–Crippen MR) is 94.0 cm³/mol. The zero-order valence-electron chi connectivity index (χ0n) is 14.5. The Morgan fingerprint density at radius 2 is 1.95 bits per heavy atom. The summed E-state index contributed by atoms with van der Waals surface area (Å²) in [5, 5.41) is 3.60. The fraction of sp³-hybridized carbons (Fsp3) is 0.778. The lowest BCUT2D eigenvalue weighted by molar-refractivity contribution is 0.200. The van der Waals surface area contributed by atoms with E-state index in [1.54, 1.807) is 5.56 Å². The average molecular weight is 309 g/mol. The average Bonchev–Trinajstić information content (AvgIpc) is 3.03. The summed E-state index contributed by atoms with van der Waals surface area (Å²) in [6, 6.07) is 3.25. The van der Waals surface area contributed by atoms with Crippen LogP contribution in [0.2, 0.25) is 0 Å². The van der Waals surface area contributed by atoms with Gasteiger partial charge in [0.25, 0.3) is 0 Å². The number of nitrogens with one attached hydrogen (secondary N) is 1. The molecule has 3 heteroatoms. The van der Waals surface area contributed by atoms with Crippen molar-refractivity contribution >= 4 is 11.3 Å². The summed E-state index contributed by atoms with van der Waals surface area (Å²) in [6.07, 6.45) is 5.64. The minimum absolute atomic E-state index is 0.192. The van der Waals surface area contributed by atoms with Gasteiger partial charge in [0.2, 0.25) is 0 Å². The van der Waals surface area contributed by atoms with Crippen LogP contribution >= 0.6 is 11.3 Å². The van der Waals surface area contributed by atoms with Crippen molar-refractivity contribution in [1.82, 2.24) is 10.2 Å². The van der Waals surface area contributed by atoms with E-state index in [0.717, 1.165) is 19.1 Å². The van der Waals surface area contributed by atoms with E-state index in [2.05, 4.69) is 50.9 Å². The van der Waals surface area contributed by atoms with E-state index in [0.29, 0.717) is 0 Å². The lowest BCUT2D eigenvalue weighted by Gasteiger charge is -2.27. The Balaban J connectivity index is 1.97. The molecule has 1 aliphatic carbocycles. The quantitative estimate of drug-likeness (QED) is 0.819. The second kappa shape index (κ2) is 7.26. The molecule has 1 heterocycles. The highest BCUT2D eigenvalue weighted by molar-refractivity contribution is 7.12. The smallest absolute Gasteiger partial charge is 0.0304 e. The molecule has 0 spiro atoms. The number of thiophene rings is 1. The predicted octanol–water partition coefficient (Wildman–Crippen LogP) is 4.71. The number of rotatable bonds is 6. The standard InChI is InChI=1S/C18H32N2S/c1-6-20(16-9-7-8-10-16)13-15-11-17(21-14(15)2)12-19-18(3,4)5/h11,16,19H,6-10,12-13H2,1-5H3. The van der Waals surface area contributed by atoms with Gasteiger partial charge < -0.3 is 5.32 Å². The van der Waals surface area contributed by atoms with Crippen LogP contribution in [0.1, 0.15) is 68.7 Å². The molecule has 0 bridgehead atoms. The van der Waals surface area contributed by atoms with Crippen molar-refractivity contribution in [2.24, 2.45) is 0 Å². The third-order valence-electron chi connectivity index (χ3n) is 4.49. The van der Waals surface area contributed by atoms with Gasteiger partial charge in [0.1, 0.15) is 0 Å². The summed E-state index contributed by atoms with van der Waals surface area (Å²) in [5.41, 5.74) is 1.73. The minimum Gasteiger partial charge on any atom is -0.307 e. The van der Waals surface area contributed by atoms with Crippen LogP contribution < -0.4 is 5.32 Å². The van der Waals surface area contributed by atoms with Gasteiger partial charge in [-0.25, -0.2) is 0 Å². The minimum atomic E-state index is 0.192. The molecule has 2 rings (SSSR count). The van der Waals surface area contributed by atoms with Gasteiger partial charge in [-0.3, -0.25) is 4.90 Å². The van der Waals surface area contributed by atoms with Gasteiger partial charge in [-0.1, -0.05) is 19.8 Å². The molecule has 2 nitrogen and oxygen atoms in total. The third kappa shape index (κ3) is 5.08. The van der Waals surface area contributed by atoms with Crippen LogP contribution in [0, 0.1) is 6.92 Å². The monoisotopic (exact) mass is 308 g/mol. The van der Waals surface area contributed by atoms with Crippen LogP contribution in [-0.4, -0.2) is 23.0 Å². The zero-order valence-corrected chi connectivity index (χ0v) is 15.3. The van der Waals surface area contributed by atoms with Crippen molar-refractivity contribution in [1.29, 1.82) is 0 Å². The molecule has 0 aliphatic heterocycles. The van der Waals surface area contributed by atoms with Crippen LogP contribution in [0.3, 0.4) is 0 Å². The van der Waals surface area contributed by atoms with Crippen molar-refractivity contribution in [2.75, 3.05) is 6.54 Å². The van der Waals surface area contributed by atoms with E-state index in [1.807, 2.05) is 11.3 Å². The van der Waals surface area contributed by atoms with E-state index >= 15 is 0 Å². The summed E-state index contributed by atoms with van der Waals surface area (Å²) in [4.78, 5) is 5.65. The van der Waals surface area contributed by atoms with Crippen LogP contribution in [0.25, 0.3) is 0 Å². The highest BCUT2D eigenvalue weighted by Gasteiger charge is 2.22. The SMILES string of the molecule is CCN(Cc1cc(CNC(C)(C)C)sc1C)C1CCCC1. The van der Waals surface area contributed by atoms with Gasteiger partial charge in [-0.2, -0.15) is 0 Å². The molecule has 120 valence electrons. The van der Waals surface area contributed by atoms with Gasteiger partial charge in [-0.05, 0) is 58.7 Å². The molecule has 0 amide bonds. The molecule has 21 heavy (non-hydrogen) atoms. The van der Waals surface area contributed by atoms with Crippen LogP contribution in [0.5, 0.6) is 0 Å². The molecule has 1 aliphatic rings. The Hall–Kier alpha value is -0.380. The number of hydrogen-bond acceptors (Lipinski definition) is 3. The highest BCUT2D eigenvalue weighted by Crippen LogP contribution is 2.28. The Morgan fingerprint density at radius 3 is 2.52 bits per heavy atom. The fourth-order valence-electron chi connectivity index (χ4n) is 3.17. The van der Waals surface area contributed by atoms with Crippen molar-refractivity contribution in [3.63, 3.8) is 0 Å². The highest BCUT2D eigenvalue weighted by atomic mass is 32.1. The first-order chi connectivity index (χ1) is 9.89. The molecule has 1 fully saturated rings. The normalized spacial score (nSPS) is 17.0. The van der Waals surface area contributed by atoms with Gasteiger partial charge in [0, 0.05) is 34.4 Å². The molecule has 1 aromatic rings. The van der Waals surface area contributed by atoms with Gasteiger partial charge in [-0.15, -0.1) is 11.3 Å². The second-order valence-electron chi connectivity index (χ2n) is 7.40. The molecule has 0 unspecified atom stereocenters. The van der Waals surface area contributed by atoms with E-state index in [1.165, 1.54) is 42.0 Å². The number of hydrogen-bond donors (Lipinski definition) is 1. The summed E-state index contributed by atoms with van der Waals surface area (Å²) in [6.45, 7) is 14.6. The molecule has 0 saturated heterocycles. The van der Waals surface area contributed by atoms with Gasteiger partial charge >= 0.3 is 0 Å². The fourth-order valence-corrected chi connectivity index (χ4v) is 4.16. The molecule has 1 N–H and O–H groups in total.